The van der Waals surface area contributed by atoms with E-state index in [2.05, 4.69) is 21.2 Å². The topological polar surface area (TPSA) is 46.2 Å². The smallest absolute Gasteiger partial charge is 0.230 e. The molecule has 3 nitrogen and oxygen atoms in total. The van der Waals surface area contributed by atoms with E-state index in [9.17, 15) is 9.59 Å². The lowest BCUT2D eigenvalue weighted by Gasteiger charge is -2.32. The molecule has 1 saturated heterocycles. The minimum atomic E-state index is -0.169. The quantitative estimate of drug-likeness (QED) is 0.853. The second kappa shape index (κ2) is 4.90. The molecule has 1 aromatic rings. The molecule has 1 aliphatic rings. The van der Waals surface area contributed by atoms with Crippen LogP contribution in [0.3, 0.4) is 0 Å². The maximum Gasteiger partial charge on any atom is 0.230 e. The van der Waals surface area contributed by atoms with Gasteiger partial charge in [0.05, 0.1) is 0 Å². The molecule has 0 aliphatic carbocycles. The van der Waals surface area contributed by atoms with E-state index in [1.54, 1.807) is 11.3 Å². The molecule has 2 unspecified atom stereocenters. The number of carbonyl (C=O) groups excluding carboxylic acids is 2. The van der Waals surface area contributed by atoms with Crippen LogP contribution in [-0.2, 0) is 9.59 Å². The first kappa shape index (κ1) is 12.8. The van der Waals surface area contributed by atoms with Gasteiger partial charge in [0, 0.05) is 27.6 Å². The monoisotopic (exact) mass is 315 g/mol. The predicted octanol–water partition coefficient (Wildman–Crippen LogP) is 2.91. The van der Waals surface area contributed by atoms with Crippen molar-refractivity contribution >= 4 is 39.1 Å². The molecule has 1 N–H and O–H groups in total. The molecule has 0 saturated carbocycles. The van der Waals surface area contributed by atoms with Crippen LogP contribution >= 0.6 is 27.3 Å². The number of nitrogens with one attached hydrogen (secondary N) is 1. The van der Waals surface area contributed by atoms with Crippen LogP contribution in [0.2, 0.25) is 0 Å². The molecule has 2 amide bonds. The second-order valence-electron chi connectivity index (χ2n) is 4.63. The predicted molar refractivity (Wildman–Crippen MR) is 70.9 cm³/mol. The third kappa shape index (κ3) is 2.45. The number of amides is 2. The Morgan fingerprint density at radius 3 is 2.71 bits per heavy atom. The summed E-state index contributed by atoms with van der Waals surface area (Å²) in [6, 6.07) is 1.97. The van der Waals surface area contributed by atoms with Gasteiger partial charge in [-0.3, -0.25) is 14.9 Å². The number of piperidine rings is 1. The molecular weight excluding hydrogens is 302 g/mol. The summed E-state index contributed by atoms with van der Waals surface area (Å²) in [4.78, 5) is 24.5. The molecule has 1 fully saturated rings. The van der Waals surface area contributed by atoms with E-state index in [-0.39, 0.29) is 29.6 Å². The summed E-state index contributed by atoms with van der Waals surface area (Å²) in [6.07, 6.45) is 0.397. The number of thiophene rings is 1. The standard InChI is InChI=1S/C12H14BrNO2S/c1-6(2)10-7(5-9(15)14-12(10)16)11-8(13)3-4-17-11/h3-4,6-7,10H,5H2,1-2H3,(H,14,15,16). The molecule has 2 heterocycles. The minimum Gasteiger partial charge on any atom is -0.296 e. The van der Waals surface area contributed by atoms with E-state index in [0.29, 0.717) is 6.42 Å². The summed E-state index contributed by atoms with van der Waals surface area (Å²) in [5.74, 6) is -0.200. The van der Waals surface area contributed by atoms with Crippen molar-refractivity contribution in [2.45, 2.75) is 26.2 Å². The lowest BCUT2D eigenvalue weighted by molar-refractivity contribution is -0.138. The van der Waals surface area contributed by atoms with Crippen LogP contribution in [0.25, 0.3) is 0 Å². The summed E-state index contributed by atoms with van der Waals surface area (Å²) in [5.41, 5.74) is 0. The summed E-state index contributed by atoms with van der Waals surface area (Å²) in [5, 5.41) is 4.41. The highest BCUT2D eigenvalue weighted by Crippen LogP contribution is 2.41. The van der Waals surface area contributed by atoms with E-state index in [1.165, 1.54) is 0 Å². The first-order valence-corrected chi connectivity index (χ1v) is 7.24. The average molecular weight is 316 g/mol. The second-order valence-corrected chi connectivity index (χ2v) is 6.43. The van der Waals surface area contributed by atoms with Crippen molar-refractivity contribution in [3.63, 3.8) is 0 Å². The van der Waals surface area contributed by atoms with Crippen LogP contribution in [0.5, 0.6) is 0 Å². The summed E-state index contributed by atoms with van der Waals surface area (Å²) >= 11 is 5.09. The highest BCUT2D eigenvalue weighted by molar-refractivity contribution is 9.10. The number of hydrogen-bond acceptors (Lipinski definition) is 3. The molecule has 0 bridgehead atoms. The number of carbonyl (C=O) groups is 2. The van der Waals surface area contributed by atoms with Crippen LogP contribution in [0, 0.1) is 11.8 Å². The molecule has 1 aromatic heterocycles. The summed E-state index contributed by atoms with van der Waals surface area (Å²) < 4.78 is 1.00. The van der Waals surface area contributed by atoms with Gasteiger partial charge in [-0.15, -0.1) is 11.3 Å². The largest absolute Gasteiger partial charge is 0.296 e. The van der Waals surface area contributed by atoms with E-state index in [0.717, 1.165) is 9.35 Å². The highest BCUT2D eigenvalue weighted by atomic mass is 79.9. The molecule has 92 valence electrons. The molecule has 2 rings (SSSR count). The van der Waals surface area contributed by atoms with Crippen LogP contribution in [0.1, 0.15) is 31.1 Å². The lowest BCUT2D eigenvalue weighted by Crippen LogP contribution is -2.46. The Hall–Kier alpha value is -0.680. The van der Waals surface area contributed by atoms with Crippen LogP contribution in [-0.4, -0.2) is 11.8 Å². The van der Waals surface area contributed by atoms with Gasteiger partial charge in [0.1, 0.15) is 0 Å². The Morgan fingerprint density at radius 2 is 2.18 bits per heavy atom. The van der Waals surface area contributed by atoms with Gasteiger partial charge in [0.25, 0.3) is 0 Å². The number of rotatable bonds is 2. The van der Waals surface area contributed by atoms with E-state index in [4.69, 9.17) is 0 Å². The van der Waals surface area contributed by atoms with Crippen molar-refractivity contribution in [1.29, 1.82) is 0 Å². The zero-order valence-electron chi connectivity index (χ0n) is 9.70. The summed E-state index contributed by atoms with van der Waals surface area (Å²) in [7, 11) is 0. The molecule has 0 aromatic carbocycles. The molecule has 17 heavy (non-hydrogen) atoms. The van der Waals surface area contributed by atoms with Gasteiger partial charge >= 0.3 is 0 Å². The maximum absolute atomic E-state index is 11.9. The van der Waals surface area contributed by atoms with Crippen molar-refractivity contribution in [3.8, 4) is 0 Å². The molecule has 0 radical (unpaired) electrons. The first-order valence-electron chi connectivity index (χ1n) is 5.57. The Balaban J connectivity index is 2.37. The van der Waals surface area contributed by atoms with E-state index < -0.39 is 0 Å². The molecule has 5 heteroatoms. The fraction of sp³-hybridized carbons (Fsp3) is 0.500. The van der Waals surface area contributed by atoms with E-state index in [1.807, 2.05) is 25.3 Å². The normalized spacial score (nSPS) is 25.2. The van der Waals surface area contributed by atoms with Crippen molar-refractivity contribution < 1.29 is 9.59 Å². The van der Waals surface area contributed by atoms with Crippen LogP contribution in [0.15, 0.2) is 15.9 Å². The van der Waals surface area contributed by atoms with Gasteiger partial charge in [-0.25, -0.2) is 0 Å². The zero-order valence-corrected chi connectivity index (χ0v) is 12.1. The lowest BCUT2D eigenvalue weighted by atomic mass is 9.77. The Labute approximate surface area is 113 Å². The van der Waals surface area contributed by atoms with Crippen molar-refractivity contribution in [2.24, 2.45) is 11.8 Å². The number of imide groups is 1. The Kier molecular flexibility index (Phi) is 3.68. The SMILES string of the molecule is CC(C)C1C(=O)NC(=O)CC1c1sccc1Br. The number of hydrogen-bond donors (Lipinski definition) is 1. The third-order valence-corrected chi connectivity index (χ3v) is 5.11. The van der Waals surface area contributed by atoms with Crippen molar-refractivity contribution in [1.82, 2.24) is 5.32 Å². The Morgan fingerprint density at radius 1 is 1.47 bits per heavy atom. The number of halogens is 1. The summed E-state index contributed by atoms with van der Waals surface area (Å²) in [6.45, 7) is 4.04. The molecule has 0 spiro atoms. The fourth-order valence-corrected chi connectivity index (χ4v) is 4.19. The molecule has 1 aliphatic heterocycles. The average Bonchev–Trinajstić information content (AvgIpc) is 2.62. The van der Waals surface area contributed by atoms with Gasteiger partial charge in [0.2, 0.25) is 11.8 Å². The first-order chi connectivity index (χ1) is 8.00. The van der Waals surface area contributed by atoms with Gasteiger partial charge in [-0.2, -0.15) is 0 Å². The fourth-order valence-electron chi connectivity index (χ4n) is 2.37. The Bertz CT molecular complexity index is 455. The van der Waals surface area contributed by atoms with Crippen LogP contribution in [0.4, 0.5) is 0 Å². The minimum absolute atomic E-state index is 0.00521. The van der Waals surface area contributed by atoms with Gasteiger partial charge < -0.3 is 0 Å². The zero-order chi connectivity index (χ0) is 12.6. The van der Waals surface area contributed by atoms with Crippen LogP contribution < -0.4 is 5.32 Å². The third-order valence-electron chi connectivity index (χ3n) is 3.10. The molecule has 2 atom stereocenters. The van der Waals surface area contributed by atoms with Crippen molar-refractivity contribution in [2.75, 3.05) is 0 Å². The van der Waals surface area contributed by atoms with Gasteiger partial charge in [-0.05, 0) is 33.3 Å². The molecular formula is C12H14BrNO2S. The van der Waals surface area contributed by atoms with Crippen molar-refractivity contribution in [3.05, 3.63) is 20.8 Å². The van der Waals surface area contributed by atoms with E-state index >= 15 is 0 Å². The van der Waals surface area contributed by atoms with Gasteiger partial charge in [-0.1, -0.05) is 13.8 Å². The highest BCUT2D eigenvalue weighted by Gasteiger charge is 2.39. The maximum atomic E-state index is 11.9. The van der Waals surface area contributed by atoms with Gasteiger partial charge in [0.15, 0.2) is 0 Å².